The number of thiophene rings is 1. The first kappa shape index (κ1) is 25.1. The molecule has 1 N–H and O–H groups in total. The van der Waals surface area contributed by atoms with Crippen molar-refractivity contribution < 1.29 is 19.4 Å². The van der Waals surface area contributed by atoms with E-state index in [2.05, 4.69) is 63.3 Å². The monoisotopic (exact) mass is 488 g/mol. The molecule has 0 amide bonds. The highest BCUT2D eigenvalue weighted by Crippen LogP contribution is 2.43. The molecule has 182 valence electrons. The topological polar surface area (TPSA) is 55.8 Å². The molecular weight excluding hydrogens is 456 g/mol. The normalized spacial score (nSPS) is 15.1. The Morgan fingerprint density at radius 3 is 2.43 bits per heavy atom. The van der Waals surface area contributed by atoms with Crippen LogP contribution in [0.4, 0.5) is 0 Å². The van der Waals surface area contributed by atoms with Gasteiger partial charge in [0, 0.05) is 30.4 Å². The molecule has 0 aliphatic heterocycles. The van der Waals surface area contributed by atoms with E-state index in [9.17, 15) is 9.90 Å². The van der Waals surface area contributed by atoms with E-state index in [-0.39, 0.29) is 11.0 Å². The number of aryl methyl sites for hydroxylation is 1. The second-order valence-corrected chi connectivity index (χ2v) is 10.8. The van der Waals surface area contributed by atoms with E-state index in [1.54, 1.807) is 26.4 Å². The maximum atomic E-state index is 12.0. The average molecular weight is 489 g/mol. The second-order valence-electron chi connectivity index (χ2n) is 9.55. The zero-order valence-corrected chi connectivity index (χ0v) is 21.7. The fraction of sp³-hybridized carbons (Fsp3) is 0.300. The van der Waals surface area contributed by atoms with Gasteiger partial charge in [-0.05, 0) is 76.4 Å². The van der Waals surface area contributed by atoms with Crippen molar-refractivity contribution in [1.29, 1.82) is 0 Å². The number of carboxylic acid groups (broad SMARTS) is 1. The number of benzene rings is 2. The first-order chi connectivity index (χ1) is 16.7. The molecule has 35 heavy (non-hydrogen) atoms. The maximum Gasteiger partial charge on any atom is 0.336 e. The van der Waals surface area contributed by atoms with Crippen molar-refractivity contribution in [3.8, 4) is 0 Å². The van der Waals surface area contributed by atoms with E-state index < -0.39 is 12.3 Å². The first-order valence-electron chi connectivity index (χ1n) is 11.7. The molecule has 0 unspecified atom stereocenters. The number of allylic oxidation sites excluding steroid dienone is 1. The standard InChI is InChI=1S/C30H32O4S/c1-19-10-13-27(35-19)23-14-15-30(2,3)26-12-11-20(17-25(23)26)16-21(18-28(33-4)34-5)22-8-6-7-9-24(22)29(31)32/h6-14,16-17,28H,15,18H2,1-5H3,(H,31,32). The molecule has 0 saturated heterocycles. The lowest BCUT2D eigenvalue weighted by molar-refractivity contribution is -0.0970. The van der Waals surface area contributed by atoms with Crippen LogP contribution < -0.4 is 0 Å². The SMILES string of the molecule is COC(CC(=Cc1ccc2c(c1)C(c1ccc(C)s1)=CCC2(C)C)c1ccccc1C(=O)O)OC. The smallest absolute Gasteiger partial charge is 0.336 e. The molecule has 0 bridgehead atoms. The molecule has 2 aromatic carbocycles. The van der Waals surface area contributed by atoms with Crippen molar-refractivity contribution >= 4 is 34.5 Å². The van der Waals surface area contributed by atoms with Gasteiger partial charge in [-0.2, -0.15) is 0 Å². The molecule has 1 aliphatic carbocycles. The summed E-state index contributed by atoms with van der Waals surface area (Å²) in [6.45, 7) is 6.70. The largest absolute Gasteiger partial charge is 0.478 e. The first-order valence-corrected chi connectivity index (χ1v) is 12.6. The summed E-state index contributed by atoms with van der Waals surface area (Å²) in [6, 6.07) is 18.0. The van der Waals surface area contributed by atoms with Crippen molar-refractivity contribution in [2.75, 3.05) is 14.2 Å². The lowest BCUT2D eigenvalue weighted by Gasteiger charge is -2.32. The Morgan fingerprint density at radius 2 is 1.80 bits per heavy atom. The van der Waals surface area contributed by atoms with E-state index in [1.807, 2.05) is 23.5 Å². The van der Waals surface area contributed by atoms with Gasteiger partial charge < -0.3 is 14.6 Å². The second kappa shape index (κ2) is 10.3. The molecular formula is C30H32O4S. The number of rotatable bonds is 8. The van der Waals surface area contributed by atoms with Gasteiger partial charge in [-0.1, -0.05) is 56.3 Å². The summed E-state index contributed by atoms with van der Waals surface area (Å²) in [4.78, 5) is 14.5. The van der Waals surface area contributed by atoms with Crippen LogP contribution in [0.15, 0.2) is 60.7 Å². The summed E-state index contributed by atoms with van der Waals surface area (Å²) in [5.41, 5.74) is 6.68. The molecule has 3 aromatic rings. The van der Waals surface area contributed by atoms with E-state index >= 15 is 0 Å². The molecule has 1 heterocycles. The molecule has 4 rings (SSSR count). The Bertz CT molecular complexity index is 1290. The summed E-state index contributed by atoms with van der Waals surface area (Å²) in [5, 5.41) is 9.81. The maximum absolute atomic E-state index is 12.0. The number of hydrogen-bond acceptors (Lipinski definition) is 4. The van der Waals surface area contributed by atoms with Crippen LogP contribution in [0.1, 0.15) is 69.1 Å². The minimum Gasteiger partial charge on any atom is -0.478 e. The minimum absolute atomic E-state index is 0.0450. The third kappa shape index (κ3) is 5.32. The summed E-state index contributed by atoms with van der Waals surface area (Å²) in [5.74, 6) is -0.955. The number of fused-ring (bicyclic) bond motifs is 1. The van der Waals surface area contributed by atoms with Gasteiger partial charge in [0.1, 0.15) is 0 Å². The number of carbonyl (C=O) groups is 1. The van der Waals surface area contributed by atoms with Crippen LogP contribution in [-0.4, -0.2) is 31.6 Å². The van der Waals surface area contributed by atoms with Crippen LogP contribution in [-0.2, 0) is 14.9 Å². The molecule has 0 spiro atoms. The number of methoxy groups -OCH3 is 2. The molecule has 1 aromatic heterocycles. The molecule has 5 heteroatoms. The summed E-state index contributed by atoms with van der Waals surface area (Å²) >= 11 is 1.81. The van der Waals surface area contributed by atoms with E-state index in [0.717, 1.165) is 17.6 Å². The summed E-state index contributed by atoms with van der Waals surface area (Å²) < 4.78 is 10.9. The molecule has 0 saturated carbocycles. The van der Waals surface area contributed by atoms with Crippen molar-refractivity contribution in [2.24, 2.45) is 0 Å². The van der Waals surface area contributed by atoms with Gasteiger partial charge in [-0.15, -0.1) is 11.3 Å². The van der Waals surface area contributed by atoms with Crippen molar-refractivity contribution in [1.82, 2.24) is 0 Å². The Hall–Kier alpha value is -2.99. The molecule has 0 atom stereocenters. The summed E-state index contributed by atoms with van der Waals surface area (Å²) in [6.07, 6.45) is 5.35. The number of aromatic carboxylic acids is 1. The van der Waals surface area contributed by atoms with Gasteiger partial charge in [0.2, 0.25) is 0 Å². The highest BCUT2D eigenvalue weighted by Gasteiger charge is 2.29. The Morgan fingerprint density at radius 1 is 1.09 bits per heavy atom. The van der Waals surface area contributed by atoms with Gasteiger partial charge in [-0.25, -0.2) is 4.79 Å². The number of ether oxygens (including phenoxy) is 2. The van der Waals surface area contributed by atoms with Gasteiger partial charge in [0.25, 0.3) is 0 Å². The van der Waals surface area contributed by atoms with Crippen molar-refractivity contribution in [2.45, 2.75) is 45.3 Å². The third-order valence-electron chi connectivity index (χ3n) is 6.64. The number of carboxylic acids is 1. The zero-order chi connectivity index (χ0) is 25.2. The Balaban J connectivity index is 1.86. The number of hydrogen-bond donors (Lipinski definition) is 1. The highest BCUT2D eigenvalue weighted by molar-refractivity contribution is 7.13. The van der Waals surface area contributed by atoms with Crippen LogP contribution in [0, 0.1) is 6.92 Å². The van der Waals surface area contributed by atoms with Crippen molar-refractivity contribution in [3.63, 3.8) is 0 Å². The van der Waals surface area contributed by atoms with Gasteiger partial charge >= 0.3 is 5.97 Å². The van der Waals surface area contributed by atoms with Gasteiger partial charge in [-0.3, -0.25) is 0 Å². The molecule has 4 nitrogen and oxygen atoms in total. The van der Waals surface area contributed by atoms with Gasteiger partial charge in [0.15, 0.2) is 6.29 Å². The Labute approximate surface area is 211 Å². The quantitative estimate of drug-likeness (QED) is 0.265. The third-order valence-corrected chi connectivity index (χ3v) is 7.68. The Kier molecular flexibility index (Phi) is 7.41. The predicted octanol–water partition coefficient (Wildman–Crippen LogP) is 7.42. The van der Waals surface area contributed by atoms with E-state index in [1.165, 1.54) is 26.5 Å². The van der Waals surface area contributed by atoms with E-state index in [4.69, 9.17) is 9.47 Å². The average Bonchev–Trinajstić information content (AvgIpc) is 3.27. The van der Waals surface area contributed by atoms with Crippen LogP contribution in [0.3, 0.4) is 0 Å². The molecule has 0 radical (unpaired) electrons. The fourth-order valence-electron chi connectivity index (χ4n) is 4.69. The van der Waals surface area contributed by atoms with Crippen LogP contribution in [0.2, 0.25) is 0 Å². The molecule has 0 fully saturated rings. The molecule has 1 aliphatic rings. The minimum atomic E-state index is -0.955. The zero-order valence-electron chi connectivity index (χ0n) is 20.9. The summed E-state index contributed by atoms with van der Waals surface area (Å²) in [7, 11) is 3.19. The predicted molar refractivity (Wildman–Crippen MR) is 144 cm³/mol. The van der Waals surface area contributed by atoms with Crippen LogP contribution in [0.5, 0.6) is 0 Å². The van der Waals surface area contributed by atoms with Crippen LogP contribution in [0.25, 0.3) is 17.2 Å². The lowest BCUT2D eigenvalue weighted by atomic mass is 9.72. The van der Waals surface area contributed by atoms with E-state index in [0.29, 0.717) is 12.0 Å². The van der Waals surface area contributed by atoms with Crippen LogP contribution >= 0.6 is 11.3 Å². The highest BCUT2D eigenvalue weighted by atomic mass is 32.1. The lowest BCUT2D eigenvalue weighted by Crippen LogP contribution is -2.21. The van der Waals surface area contributed by atoms with Crippen molar-refractivity contribution in [3.05, 3.63) is 98.2 Å². The van der Waals surface area contributed by atoms with Gasteiger partial charge in [0.05, 0.1) is 5.56 Å². The fourth-order valence-corrected chi connectivity index (χ4v) is 5.62.